The van der Waals surface area contributed by atoms with Crippen LogP contribution in [0.25, 0.3) is 0 Å². The summed E-state index contributed by atoms with van der Waals surface area (Å²) in [6.45, 7) is 11.5. The zero-order valence-electron chi connectivity index (χ0n) is 23.5. The molecule has 0 heterocycles. The van der Waals surface area contributed by atoms with E-state index in [9.17, 15) is 0 Å². The Balaban J connectivity index is 0.00000247. The minimum absolute atomic E-state index is 0.819. The highest BCUT2D eigenvalue weighted by Crippen LogP contribution is 2.24. The number of rotatable bonds is 13. The molecule has 4 heteroatoms. The van der Waals surface area contributed by atoms with Gasteiger partial charge in [0.2, 0.25) is 0 Å². The molecule has 3 aromatic rings. The Hall–Kier alpha value is -3.42. The van der Waals surface area contributed by atoms with Crippen molar-refractivity contribution in [3.63, 3.8) is 0 Å². The Morgan fingerprint density at radius 2 is 1.53 bits per heavy atom. The van der Waals surface area contributed by atoms with Crippen LogP contribution in [-0.2, 0) is 18.7 Å². The minimum Gasteiger partial charge on any atom is -0.385 e. The Bertz CT molecular complexity index is 1160. The summed E-state index contributed by atoms with van der Waals surface area (Å²) in [5, 5.41) is 3.49. The second kappa shape index (κ2) is 17.2. The van der Waals surface area contributed by atoms with Gasteiger partial charge in [0.25, 0.3) is 0 Å². The average molecular weight is 526 g/mol. The fourth-order valence-corrected chi connectivity index (χ4v) is 5.03. The molecule has 0 aliphatic carbocycles. The van der Waals surface area contributed by atoms with Gasteiger partial charge in [-0.25, -0.2) is 0 Å². The van der Waals surface area contributed by atoms with Gasteiger partial charge in [-0.2, -0.15) is 0 Å². The molecule has 3 nitrogen and oxygen atoms in total. The van der Waals surface area contributed by atoms with E-state index in [2.05, 4.69) is 123 Å². The van der Waals surface area contributed by atoms with Gasteiger partial charge >= 0.3 is 0 Å². The number of aliphatic imine (C=N–C) groups is 1. The van der Waals surface area contributed by atoms with E-state index in [0.717, 1.165) is 55.4 Å². The number of nitrogens with one attached hydrogen (secondary N) is 1. The normalized spacial score (nSPS) is 10.8. The van der Waals surface area contributed by atoms with Crippen LogP contribution in [0.2, 0.25) is 0 Å². The lowest BCUT2D eigenvalue weighted by atomic mass is 10.1. The summed E-state index contributed by atoms with van der Waals surface area (Å²) in [5.41, 5.74) is 8.89. The fourth-order valence-electron chi connectivity index (χ4n) is 4.03. The van der Waals surface area contributed by atoms with Crippen molar-refractivity contribution in [2.75, 3.05) is 17.8 Å². The maximum Gasteiger partial charge on any atom is 0.104 e. The highest BCUT2D eigenvalue weighted by molar-refractivity contribution is 7.98. The fraction of sp³-hybridized carbons (Fsp3) is 0.324. The van der Waals surface area contributed by atoms with Crippen LogP contribution < -0.4 is 10.2 Å². The molecule has 0 saturated carbocycles. The molecule has 0 aromatic heterocycles. The molecule has 0 unspecified atom stereocenters. The summed E-state index contributed by atoms with van der Waals surface area (Å²) >= 11 is 1.93. The molecular weight excluding hydrogens is 482 g/mol. The van der Waals surface area contributed by atoms with E-state index < -0.39 is 0 Å². The third kappa shape index (κ3) is 10.5. The lowest BCUT2D eigenvalue weighted by Crippen LogP contribution is -2.31. The van der Waals surface area contributed by atoms with E-state index in [1.807, 2.05) is 18.8 Å². The average Bonchev–Trinajstić information content (AvgIpc) is 2.95. The molecule has 3 rings (SSSR count). The van der Waals surface area contributed by atoms with Gasteiger partial charge in [0.1, 0.15) is 5.84 Å². The van der Waals surface area contributed by atoms with E-state index in [0.29, 0.717) is 0 Å². The van der Waals surface area contributed by atoms with E-state index in [1.54, 1.807) is 0 Å². The first kappa shape index (κ1) is 30.8. The molecule has 200 valence electrons. The lowest BCUT2D eigenvalue weighted by Gasteiger charge is -2.27. The summed E-state index contributed by atoms with van der Waals surface area (Å²) in [7, 11) is 1.92. The van der Waals surface area contributed by atoms with Crippen LogP contribution in [0.1, 0.15) is 54.0 Å². The second-order valence-corrected chi connectivity index (χ2v) is 10.3. The summed E-state index contributed by atoms with van der Waals surface area (Å²) in [5.74, 6) is 2.99. The number of nitrogens with zero attached hydrogens (tertiary/aromatic N) is 2. The predicted octanol–water partition coefficient (Wildman–Crippen LogP) is 8.31. The second-order valence-electron chi connectivity index (χ2n) is 9.35. The van der Waals surface area contributed by atoms with E-state index in [-0.39, 0.29) is 0 Å². The molecule has 38 heavy (non-hydrogen) atoms. The van der Waals surface area contributed by atoms with Gasteiger partial charge in [0.15, 0.2) is 0 Å². The van der Waals surface area contributed by atoms with Crippen LogP contribution in [0, 0.1) is 26.7 Å². The first-order chi connectivity index (χ1) is 18.5. The summed E-state index contributed by atoms with van der Waals surface area (Å²) in [6, 6.07) is 26.4. The Labute approximate surface area is 235 Å². The monoisotopic (exact) mass is 525 g/mol. The number of thioether (sulfide) groups is 1. The van der Waals surface area contributed by atoms with Crippen molar-refractivity contribution in [3.05, 3.63) is 113 Å². The van der Waals surface area contributed by atoms with E-state index in [4.69, 9.17) is 4.99 Å². The van der Waals surface area contributed by atoms with Gasteiger partial charge < -0.3 is 10.2 Å². The summed E-state index contributed by atoms with van der Waals surface area (Å²) < 4.78 is 0. The summed E-state index contributed by atoms with van der Waals surface area (Å²) in [4.78, 5) is 7.12. The molecule has 0 aliphatic rings. The van der Waals surface area contributed by atoms with Gasteiger partial charge in [-0.15, -0.1) is 24.6 Å². The van der Waals surface area contributed by atoms with Gasteiger partial charge in [-0.05, 0) is 61.9 Å². The number of aryl methyl sites for hydroxylation is 3. The van der Waals surface area contributed by atoms with Crippen LogP contribution in [0.5, 0.6) is 0 Å². The Morgan fingerprint density at radius 3 is 2.13 bits per heavy atom. The molecule has 0 atom stereocenters. The largest absolute Gasteiger partial charge is 0.385 e. The number of amidine groups is 1. The lowest BCUT2D eigenvalue weighted by molar-refractivity contribution is 0.724. The van der Waals surface area contributed by atoms with Crippen LogP contribution in [0.15, 0.2) is 90.1 Å². The van der Waals surface area contributed by atoms with E-state index in [1.165, 1.54) is 33.5 Å². The number of anilines is 1. The molecule has 0 aliphatic heterocycles. The van der Waals surface area contributed by atoms with Gasteiger partial charge in [-0.3, -0.25) is 4.99 Å². The standard InChI is InChI=1S/C32H41N3S.C2H2/c1-6-28-10-8-11-31(21-28)35(24-36-23-30-19-15-26(3)16-20-30)32(33-5)12-7-9-27(4)34-22-29-17-13-25(2)14-18-29;1-2/h8,10-11,13-21,34H,4,6-7,9,12,22-24H2,1-3,5H3;1-2H. The Kier molecular flexibility index (Phi) is 13.9. The van der Waals surface area contributed by atoms with Gasteiger partial charge in [0, 0.05) is 37.2 Å². The van der Waals surface area contributed by atoms with Crippen LogP contribution in [-0.4, -0.2) is 18.8 Å². The molecule has 0 amide bonds. The van der Waals surface area contributed by atoms with Gasteiger partial charge in [0.05, 0.1) is 5.88 Å². The van der Waals surface area contributed by atoms with Crippen LogP contribution >= 0.6 is 11.8 Å². The first-order valence-corrected chi connectivity index (χ1v) is 14.4. The zero-order valence-corrected chi connectivity index (χ0v) is 24.4. The quantitative estimate of drug-likeness (QED) is 0.105. The highest BCUT2D eigenvalue weighted by atomic mass is 32.2. The van der Waals surface area contributed by atoms with Crippen molar-refractivity contribution in [3.8, 4) is 12.8 Å². The molecular formula is C34H43N3S. The maximum atomic E-state index is 4.74. The minimum atomic E-state index is 0.819. The highest BCUT2D eigenvalue weighted by Gasteiger charge is 2.14. The zero-order chi connectivity index (χ0) is 27.8. The van der Waals surface area contributed by atoms with Crippen LogP contribution in [0.4, 0.5) is 5.69 Å². The molecule has 0 bridgehead atoms. The van der Waals surface area contributed by atoms with Crippen molar-refractivity contribution in [1.29, 1.82) is 0 Å². The third-order valence-corrected chi connectivity index (χ3v) is 7.33. The predicted molar refractivity (Wildman–Crippen MR) is 170 cm³/mol. The van der Waals surface area contributed by atoms with Crippen molar-refractivity contribution in [2.24, 2.45) is 4.99 Å². The van der Waals surface area contributed by atoms with Gasteiger partial charge in [-0.1, -0.05) is 85.3 Å². The summed E-state index contributed by atoms with van der Waals surface area (Å²) in [6.07, 6.45) is 11.9. The number of hydrogen-bond acceptors (Lipinski definition) is 3. The topological polar surface area (TPSA) is 27.6 Å². The number of terminal acetylenes is 1. The number of benzene rings is 3. The molecule has 0 radical (unpaired) electrons. The maximum absolute atomic E-state index is 4.74. The van der Waals surface area contributed by atoms with Crippen LogP contribution in [0.3, 0.4) is 0 Å². The van der Waals surface area contributed by atoms with Crippen molar-refractivity contribution < 1.29 is 0 Å². The van der Waals surface area contributed by atoms with E-state index >= 15 is 0 Å². The molecule has 0 saturated heterocycles. The molecule has 3 aromatic carbocycles. The molecule has 1 N–H and O–H groups in total. The van der Waals surface area contributed by atoms with Crippen molar-refractivity contribution in [1.82, 2.24) is 5.32 Å². The SMILES string of the molecule is C#C.C=C(CCCC(=NC)N(CSCc1ccc(C)cc1)c1cccc(CC)c1)NCc1ccc(C)cc1. The first-order valence-electron chi connectivity index (χ1n) is 13.2. The van der Waals surface area contributed by atoms with Crippen molar-refractivity contribution >= 4 is 23.3 Å². The molecule has 0 fully saturated rings. The third-order valence-electron chi connectivity index (χ3n) is 6.35. The smallest absolute Gasteiger partial charge is 0.104 e. The molecule has 0 spiro atoms. The Morgan fingerprint density at radius 1 is 0.895 bits per heavy atom. The van der Waals surface area contributed by atoms with Crippen molar-refractivity contribution in [2.45, 2.75) is 58.8 Å². The number of hydrogen-bond donors (Lipinski definition) is 1. The number of allylic oxidation sites excluding steroid dienone is 1.